The predicted octanol–water partition coefficient (Wildman–Crippen LogP) is 5.17. The molecule has 0 fully saturated rings. The van der Waals surface area contributed by atoms with Gasteiger partial charge in [-0.05, 0) is 54.9 Å². The summed E-state index contributed by atoms with van der Waals surface area (Å²) in [6, 6.07) is 14.4. The van der Waals surface area contributed by atoms with Gasteiger partial charge in [-0.3, -0.25) is 10.2 Å². The number of hydrogen-bond acceptors (Lipinski definition) is 4. The number of halogens is 1. The van der Waals surface area contributed by atoms with Gasteiger partial charge in [0.25, 0.3) is 5.91 Å². The molecule has 5 rings (SSSR count). The quantitative estimate of drug-likeness (QED) is 0.563. The monoisotopic (exact) mass is 445 g/mol. The van der Waals surface area contributed by atoms with Gasteiger partial charge in [0.2, 0.25) is 5.17 Å². The highest BCUT2D eigenvalue weighted by molar-refractivity contribution is 8.26. The SMILES string of the molecule is CCC1=NN2C(=N)/C(=C\c3c(C)n(Cc4ccc(F)cc4)c4ccccc34)C(=O)N=C2S1. The van der Waals surface area contributed by atoms with Gasteiger partial charge in [-0.1, -0.05) is 37.3 Å². The number of amides is 1. The lowest BCUT2D eigenvalue weighted by Gasteiger charge is -2.20. The fourth-order valence-corrected chi connectivity index (χ4v) is 4.76. The number of fused-ring (bicyclic) bond motifs is 2. The summed E-state index contributed by atoms with van der Waals surface area (Å²) in [6.45, 7) is 4.53. The third-order valence-corrected chi connectivity index (χ3v) is 6.67. The average Bonchev–Trinajstić information content (AvgIpc) is 3.32. The van der Waals surface area contributed by atoms with Gasteiger partial charge in [-0.25, -0.2) is 4.39 Å². The smallest absolute Gasteiger partial charge is 0.283 e. The van der Waals surface area contributed by atoms with Crippen molar-refractivity contribution in [1.29, 1.82) is 5.41 Å². The van der Waals surface area contributed by atoms with Gasteiger partial charge in [0.1, 0.15) is 10.9 Å². The number of amidine groups is 2. The van der Waals surface area contributed by atoms with Gasteiger partial charge in [0.15, 0.2) is 5.84 Å². The lowest BCUT2D eigenvalue weighted by atomic mass is 10.1. The first kappa shape index (κ1) is 20.4. The van der Waals surface area contributed by atoms with Crippen LogP contribution in [0.15, 0.2) is 64.2 Å². The van der Waals surface area contributed by atoms with E-state index in [0.717, 1.165) is 39.2 Å². The number of nitrogens with one attached hydrogen (secondary N) is 1. The summed E-state index contributed by atoms with van der Waals surface area (Å²) in [6.07, 6.45) is 2.46. The second-order valence-electron chi connectivity index (χ2n) is 7.60. The number of carbonyl (C=O) groups is 1. The third kappa shape index (κ3) is 3.36. The Morgan fingerprint density at radius 3 is 2.66 bits per heavy atom. The Morgan fingerprint density at radius 1 is 1.16 bits per heavy atom. The summed E-state index contributed by atoms with van der Waals surface area (Å²) in [7, 11) is 0. The van der Waals surface area contributed by atoms with Gasteiger partial charge in [-0.2, -0.15) is 15.1 Å². The van der Waals surface area contributed by atoms with Crippen LogP contribution in [0.5, 0.6) is 0 Å². The maximum absolute atomic E-state index is 13.3. The van der Waals surface area contributed by atoms with Crippen molar-refractivity contribution in [2.24, 2.45) is 10.1 Å². The molecule has 1 amide bonds. The van der Waals surface area contributed by atoms with Gasteiger partial charge < -0.3 is 4.57 Å². The minimum atomic E-state index is -0.434. The van der Waals surface area contributed by atoms with Crippen LogP contribution < -0.4 is 0 Å². The summed E-state index contributed by atoms with van der Waals surface area (Å²) >= 11 is 1.33. The summed E-state index contributed by atoms with van der Waals surface area (Å²) in [5.41, 5.74) is 4.00. The summed E-state index contributed by atoms with van der Waals surface area (Å²) in [4.78, 5) is 17.0. The van der Waals surface area contributed by atoms with Crippen LogP contribution in [0.2, 0.25) is 0 Å². The number of aliphatic imine (C=N–C) groups is 1. The van der Waals surface area contributed by atoms with Crippen molar-refractivity contribution < 1.29 is 9.18 Å². The fourth-order valence-electron chi connectivity index (χ4n) is 3.94. The van der Waals surface area contributed by atoms with E-state index in [-0.39, 0.29) is 17.2 Å². The van der Waals surface area contributed by atoms with E-state index in [1.807, 2.05) is 38.1 Å². The van der Waals surface area contributed by atoms with Crippen LogP contribution in [-0.2, 0) is 11.3 Å². The zero-order valence-electron chi connectivity index (χ0n) is 17.6. The highest BCUT2D eigenvalue weighted by atomic mass is 32.2. The largest absolute Gasteiger partial charge is 0.340 e. The molecular formula is C24H20FN5OS. The molecule has 2 aromatic carbocycles. The fraction of sp³-hybridized carbons (Fsp3) is 0.167. The Morgan fingerprint density at radius 2 is 1.91 bits per heavy atom. The van der Waals surface area contributed by atoms with Crippen LogP contribution in [-0.4, -0.2) is 31.5 Å². The first-order valence-corrected chi connectivity index (χ1v) is 11.1. The number of hydrazone groups is 1. The minimum absolute atomic E-state index is 0.0331. The Bertz CT molecular complexity index is 1370. The molecule has 0 unspecified atom stereocenters. The maximum atomic E-state index is 13.3. The number of carbonyl (C=O) groups excluding carboxylic acids is 1. The molecule has 0 bridgehead atoms. The van der Waals surface area contributed by atoms with Crippen molar-refractivity contribution >= 4 is 50.7 Å². The number of para-hydroxylation sites is 1. The van der Waals surface area contributed by atoms with E-state index in [9.17, 15) is 9.18 Å². The molecule has 6 nitrogen and oxygen atoms in total. The molecule has 0 atom stereocenters. The Balaban J connectivity index is 1.61. The number of hydrogen-bond donors (Lipinski definition) is 1. The second-order valence-corrected chi connectivity index (χ2v) is 8.64. The first-order chi connectivity index (χ1) is 15.5. The van der Waals surface area contributed by atoms with E-state index in [2.05, 4.69) is 14.7 Å². The van der Waals surface area contributed by atoms with E-state index in [1.165, 1.54) is 28.9 Å². The molecular weight excluding hydrogens is 425 g/mol. The standard InChI is InChI=1S/C24H20FN5OS/c1-3-21-28-30-22(26)19(23(31)27-24(30)32-21)12-18-14(2)29(20-7-5-4-6-17(18)20)13-15-8-10-16(25)11-9-15/h4-12,26H,3,13H2,1-2H3/b19-12+,26-22?. The van der Waals surface area contributed by atoms with E-state index in [1.54, 1.807) is 18.2 Å². The molecule has 3 aromatic rings. The number of rotatable bonds is 4. The maximum Gasteiger partial charge on any atom is 0.283 e. The topological polar surface area (TPSA) is 73.8 Å². The van der Waals surface area contributed by atoms with Crippen LogP contribution in [0.25, 0.3) is 17.0 Å². The van der Waals surface area contributed by atoms with Gasteiger partial charge in [0.05, 0.1) is 5.57 Å². The summed E-state index contributed by atoms with van der Waals surface area (Å²) in [5.74, 6) is -0.668. The lowest BCUT2D eigenvalue weighted by Crippen LogP contribution is -2.35. The average molecular weight is 446 g/mol. The first-order valence-electron chi connectivity index (χ1n) is 10.3. The molecule has 1 N–H and O–H groups in total. The van der Waals surface area contributed by atoms with Crippen molar-refractivity contribution in [2.75, 3.05) is 0 Å². The van der Waals surface area contributed by atoms with E-state index in [0.29, 0.717) is 11.7 Å². The Kier molecular flexibility index (Phi) is 5.01. The van der Waals surface area contributed by atoms with Gasteiger partial charge in [-0.15, -0.1) is 0 Å². The summed E-state index contributed by atoms with van der Waals surface area (Å²) < 4.78 is 15.5. The number of thioether (sulfide) groups is 1. The van der Waals surface area contributed by atoms with E-state index < -0.39 is 5.91 Å². The van der Waals surface area contributed by atoms with Gasteiger partial charge in [0, 0.05) is 28.7 Å². The molecule has 32 heavy (non-hydrogen) atoms. The van der Waals surface area contributed by atoms with Crippen LogP contribution in [0.1, 0.15) is 30.2 Å². The van der Waals surface area contributed by atoms with E-state index in [4.69, 9.17) is 5.41 Å². The van der Waals surface area contributed by atoms with Crippen LogP contribution >= 0.6 is 11.8 Å². The third-order valence-electron chi connectivity index (χ3n) is 5.62. The molecule has 0 radical (unpaired) electrons. The molecule has 8 heteroatoms. The van der Waals surface area contributed by atoms with Crippen molar-refractivity contribution in [2.45, 2.75) is 26.8 Å². The molecule has 0 saturated carbocycles. The molecule has 3 heterocycles. The molecule has 0 aliphatic carbocycles. The van der Waals surface area contributed by atoms with Crippen LogP contribution in [0.3, 0.4) is 0 Å². The molecule has 1 aromatic heterocycles. The highest BCUT2D eigenvalue weighted by Crippen LogP contribution is 2.32. The minimum Gasteiger partial charge on any atom is -0.340 e. The van der Waals surface area contributed by atoms with Crippen molar-refractivity contribution in [3.8, 4) is 0 Å². The van der Waals surface area contributed by atoms with Crippen molar-refractivity contribution in [3.63, 3.8) is 0 Å². The Labute approximate surface area is 188 Å². The van der Waals surface area contributed by atoms with E-state index >= 15 is 0 Å². The summed E-state index contributed by atoms with van der Waals surface area (Å²) in [5, 5.41) is 16.7. The van der Waals surface area contributed by atoms with Crippen LogP contribution in [0.4, 0.5) is 4.39 Å². The normalized spacial score (nSPS) is 17.2. The number of aromatic nitrogens is 1. The van der Waals surface area contributed by atoms with Gasteiger partial charge >= 0.3 is 0 Å². The number of benzene rings is 2. The van der Waals surface area contributed by atoms with Crippen LogP contribution in [0, 0.1) is 18.2 Å². The molecule has 0 spiro atoms. The highest BCUT2D eigenvalue weighted by Gasteiger charge is 2.35. The lowest BCUT2D eigenvalue weighted by molar-refractivity contribution is -0.114. The molecule has 2 aliphatic heterocycles. The zero-order chi connectivity index (χ0) is 22.4. The molecule has 0 saturated heterocycles. The molecule has 2 aliphatic rings. The number of nitrogens with zero attached hydrogens (tertiary/aromatic N) is 4. The predicted molar refractivity (Wildman–Crippen MR) is 127 cm³/mol. The van der Waals surface area contributed by atoms with Crippen molar-refractivity contribution in [1.82, 2.24) is 9.58 Å². The zero-order valence-corrected chi connectivity index (χ0v) is 18.4. The molecule has 160 valence electrons. The van der Waals surface area contributed by atoms with Crippen molar-refractivity contribution in [3.05, 3.63) is 76.7 Å². The second kappa shape index (κ2) is 7.87. The Hall–Kier alpha value is -3.52.